The lowest BCUT2D eigenvalue weighted by molar-refractivity contribution is 0.976. The number of rotatable bonds is 2. The Bertz CT molecular complexity index is 810. The molecule has 102 valence electrons. The van der Waals surface area contributed by atoms with Gasteiger partial charge in [-0.15, -0.1) is 0 Å². The van der Waals surface area contributed by atoms with Crippen LogP contribution in [0, 0.1) is 9.54 Å². The summed E-state index contributed by atoms with van der Waals surface area (Å²) in [6, 6.07) is 7.42. The molecule has 0 aliphatic heterocycles. The van der Waals surface area contributed by atoms with Crippen LogP contribution in [-0.4, -0.2) is 29.7 Å². The fourth-order valence-corrected chi connectivity index (χ4v) is 2.13. The Balaban J connectivity index is 2.29. The predicted molar refractivity (Wildman–Crippen MR) is 79.6 cm³/mol. The lowest BCUT2D eigenvalue weighted by Gasteiger charge is -2.07. The molecule has 0 amide bonds. The molecule has 2 heterocycles. The van der Waals surface area contributed by atoms with Crippen molar-refractivity contribution < 1.29 is 0 Å². The number of aromatic amines is 2. The zero-order chi connectivity index (χ0) is 14.3. The number of hydrogen-bond acceptors (Lipinski definition) is 6. The van der Waals surface area contributed by atoms with Gasteiger partial charge in [-0.3, -0.25) is 0 Å². The SMILES string of the molecule is Nn1c(-c2ccccc2-c2n[nH]c(=S)n2N)n[nH]c1=S. The van der Waals surface area contributed by atoms with E-state index in [2.05, 4.69) is 20.4 Å². The van der Waals surface area contributed by atoms with Crippen molar-refractivity contribution in [2.24, 2.45) is 0 Å². The first-order valence-electron chi connectivity index (χ1n) is 5.54. The lowest BCUT2D eigenvalue weighted by Crippen LogP contribution is -2.12. The molecule has 0 aliphatic rings. The van der Waals surface area contributed by atoms with Crippen molar-refractivity contribution in [3.05, 3.63) is 33.8 Å². The van der Waals surface area contributed by atoms with E-state index in [0.29, 0.717) is 21.2 Å². The first kappa shape index (κ1) is 12.6. The summed E-state index contributed by atoms with van der Waals surface area (Å²) in [5, 5.41) is 13.5. The number of H-pyrrole nitrogens is 2. The minimum absolute atomic E-state index is 0.321. The average molecular weight is 306 g/mol. The van der Waals surface area contributed by atoms with E-state index in [1.165, 1.54) is 9.35 Å². The van der Waals surface area contributed by atoms with Crippen LogP contribution >= 0.6 is 24.4 Å². The van der Waals surface area contributed by atoms with Crippen LogP contribution in [0.4, 0.5) is 0 Å². The van der Waals surface area contributed by atoms with Gasteiger partial charge in [0.25, 0.3) is 0 Å². The molecule has 0 aliphatic carbocycles. The van der Waals surface area contributed by atoms with Crippen molar-refractivity contribution in [1.29, 1.82) is 0 Å². The van der Waals surface area contributed by atoms with Gasteiger partial charge in [0.05, 0.1) is 0 Å². The Morgan fingerprint density at radius 3 is 1.55 bits per heavy atom. The van der Waals surface area contributed by atoms with Crippen LogP contribution < -0.4 is 11.7 Å². The molecule has 8 nitrogen and oxygen atoms in total. The molecule has 20 heavy (non-hydrogen) atoms. The van der Waals surface area contributed by atoms with Crippen molar-refractivity contribution in [3.8, 4) is 22.8 Å². The fourth-order valence-electron chi connectivity index (χ4n) is 1.86. The van der Waals surface area contributed by atoms with Crippen LogP contribution in [0.15, 0.2) is 24.3 Å². The second kappa shape index (κ2) is 4.58. The van der Waals surface area contributed by atoms with Gasteiger partial charge >= 0.3 is 0 Å². The van der Waals surface area contributed by atoms with Gasteiger partial charge in [-0.25, -0.2) is 19.5 Å². The Labute approximate surface area is 123 Å². The molecule has 0 saturated heterocycles. The minimum atomic E-state index is 0.321. The average Bonchev–Trinajstić information content (AvgIpc) is 2.95. The highest BCUT2D eigenvalue weighted by atomic mass is 32.1. The summed E-state index contributed by atoms with van der Waals surface area (Å²) in [6.07, 6.45) is 0. The van der Waals surface area contributed by atoms with Crippen molar-refractivity contribution in [2.45, 2.75) is 0 Å². The zero-order valence-electron chi connectivity index (χ0n) is 10.1. The highest BCUT2D eigenvalue weighted by Crippen LogP contribution is 2.28. The van der Waals surface area contributed by atoms with Crippen LogP contribution in [0.3, 0.4) is 0 Å². The molecule has 0 saturated carbocycles. The second-order valence-corrected chi connectivity index (χ2v) is 4.76. The van der Waals surface area contributed by atoms with Gasteiger partial charge in [-0.05, 0) is 24.4 Å². The number of nitrogen functional groups attached to an aromatic ring is 2. The molecule has 0 unspecified atom stereocenters. The van der Waals surface area contributed by atoms with E-state index >= 15 is 0 Å². The smallest absolute Gasteiger partial charge is 0.214 e. The molecule has 10 heteroatoms. The van der Waals surface area contributed by atoms with Crippen LogP contribution in [0.1, 0.15) is 0 Å². The van der Waals surface area contributed by atoms with Crippen LogP contribution in [0.25, 0.3) is 22.8 Å². The van der Waals surface area contributed by atoms with Crippen molar-refractivity contribution in [2.75, 3.05) is 11.7 Å². The van der Waals surface area contributed by atoms with Crippen molar-refractivity contribution in [3.63, 3.8) is 0 Å². The van der Waals surface area contributed by atoms with E-state index in [0.717, 1.165) is 11.1 Å². The molecule has 3 aromatic rings. The molecule has 0 bridgehead atoms. The van der Waals surface area contributed by atoms with Crippen LogP contribution in [-0.2, 0) is 0 Å². The van der Waals surface area contributed by atoms with Crippen LogP contribution in [0.2, 0.25) is 0 Å². The van der Waals surface area contributed by atoms with Gasteiger partial charge in [0.2, 0.25) is 9.54 Å². The maximum atomic E-state index is 5.86. The number of benzene rings is 1. The van der Waals surface area contributed by atoms with Gasteiger partial charge in [-0.1, -0.05) is 24.3 Å². The van der Waals surface area contributed by atoms with Crippen LogP contribution in [0.5, 0.6) is 0 Å². The first-order valence-corrected chi connectivity index (χ1v) is 6.36. The first-order chi connectivity index (χ1) is 9.59. The summed E-state index contributed by atoms with van der Waals surface area (Å²) >= 11 is 10.0. The molecule has 0 radical (unpaired) electrons. The van der Waals surface area contributed by atoms with Gasteiger partial charge in [0.15, 0.2) is 11.6 Å². The molecular weight excluding hydrogens is 296 g/mol. The zero-order valence-corrected chi connectivity index (χ0v) is 11.7. The largest absolute Gasteiger partial charge is 0.335 e. The quantitative estimate of drug-likeness (QED) is 0.413. The minimum Gasteiger partial charge on any atom is -0.335 e. The summed E-state index contributed by atoms with van der Waals surface area (Å²) in [5.41, 5.74) is 1.48. The Morgan fingerprint density at radius 2 is 1.25 bits per heavy atom. The van der Waals surface area contributed by atoms with E-state index in [9.17, 15) is 0 Å². The molecule has 1 aromatic carbocycles. The summed E-state index contributed by atoms with van der Waals surface area (Å²) in [5.74, 6) is 12.7. The fraction of sp³-hybridized carbons (Fsp3) is 0. The molecule has 0 fully saturated rings. The molecule has 2 aromatic heterocycles. The highest BCUT2D eigenvalue weighted by Gasteiger charge is 2.16. The third-order valence-corrected chi connectivity index (χ3v) is 3.39. The van der Waals surface area contributed by atoms with E-state index in [1.54, 1.807) is 0 Å². The third kappa shape index (κ3) is 1.82. The normalized spacial score (nSPS) is 10.8. The predicted octanol–water partition coefficient (Wildman–Crippen LogP) is 0.956. The monoisotopic (exact) mass is 306 g/mol. The van der Waals surface area contributed by atoms with Gasteiger partial charge in [0, 0.05) is 11.1 Å². The van der Waals surface area contributed by atoms with E-state index < -0.39 is 0 Å². The van der Waals surface area contributed by atoms with Gasteiger partial charge in [0.1, 0.15) is 0 Å². The summed E-state index contributed by atoms with van der Waals surface area (Å²) in [7, 11) is 0. The van der Waals surface area contributed by atoms with E-state index in [1.807, 2.05) is 24.3 Å². The maximum Gasteiger partial charge on any atom is 0.214 e. The second-order valence-electron chi connectivity index (χ2n) is 3.99. The molecule has 0 atom stereocenters. The number of aromatic nitrogens is 6. The number of hydrogen-bond donors (Lipinski definition) is 4. The number of nitrogens with two attached hydrogens (primary N) is 2. The van der Waals surface area contributed by atoms with Gasteiger partial charge in [-0.2, -0.15) is 10.2 Å². The molecule has 6 N–H and O–H groups in total. The van der Waals surface area contributed by atoms with E-state index in [-0.39, 0.29) is 0 Å². The highest BCUT2D eigenvalue weighted by molar-refractivity contribution is 7.71. The Morgan fingerprint density at radius 1 is 0.850 bits per heavy atom. The number of nitrogens with one attached hydrogen (secondary N) is 2. The molecule has 3 rings (SSSR count). The Hall–Kier alpha value is -2.46. The van der Waals surface area contributed by atoms with Crippen molar-refractivity contribution >= 4 is 24.4 Å². The Kier molecular flexibility index (Phi) is 2.88. The number of nitrogens with zero attached hydrogens (tertiary/aromatic N) is 4. The summed E-state index contributed by atoms with van der Waals surface area (Å²) in [4.78, 5) is 0. The molecule has 0 spiro atoms. The third-order valence-electron chi connectivity index (χ3n) is 2.82. The van der Waals surface area contributed by atoms with Gasteiger partial charge < -0.3 is 11.7 Å². The lowest BCUT2D eigenvalue weighted by atomic mass is 10.1. The van der Waals surface area contributed by atoms with E-state index in [4.69, 9.17) is 36.1 Å². The molecular formula is C10H10N8S2. The topological polar surface area (TPSA) is 119 Å². The van der Waals surface area contributed by atoms with Crippen molar-refractivity contribution in [1.82, 2.24) is 29.7 Å². The maximum absolute atomic E-state index is 5.86. The summed E-state index contributed by atoms with van der Waals surface area (Å²) < 4.78 is 3.22. The summed E-state index contributed by atoms with van der Waals surface area (Å²) in [6.45, 7) is 0. The standard InChI is InChI=1S/C10H10N8S2/c11-17-7(13-15-9(17)19)5-3-1-2-4-6(5)8-14-16-10(20)18(8)12/h1-4H,11-12H2,(H,15,19)(H,16,20).